The fourth-order valence-corrected chi connectivity index (χ4v) is 1.18. The van der Waals surface area contributed by atoms with Crippen molar-refractivity contribution in [2.75, 3.05) is 7.11 Å². The standard InChI is InChI=1S/C7H6F2O4S/c1-11-4-2-3-5(14-13-12-10)7(9)6(4)8/h2-3,10H,1H3. The predicted octanol–water partition coefficient (Wildman–Crippen LogP) is 2.40. The van der Waals surface area contributed by atoms with Gasteiger partial charge in [-0.25, -0.2) is 9.65 Å². The quantitative estimate of drug-likeness (QED) is 0.483. The highest BCUT2D eigenvalue weighted by atomic mass is 32.2. The van der Waals surface area contributed by atoms with Crippen molar-refractivity contribution in [1.29, 1.82) is 0 Å². The van der Waals surface area contributed by atoms with E-state index in [2.05, 4.69) is 14.1 Å². The Morgan fingerprint density at radius 3 is 2.57 bits per heavy atom. The average Bonchev–Trinajstić information content (AvgIpc) is 2.20. The molecule has 0 saturated heterocycles. The van der Waals surface area contributed by atoms with E-state index in [1.165, 1.54) is 19.2 Å². The highest BCUT2D eigenvalue weighted by Crippen LogP contribution is 2.29. The van der Waals surface area contributed by atoms with Gasteiger partial charge in [-0.3, -0.25) is 0 Å². The van der Waals surface area contributed by atoms with Crippen molar-refractivity contribution < 1.29 is 28.1 Å². The van der Waals surface area contributed by atoms with Crippen LogP contribution in [-0.4, -0.2) is 12.4 Å². The number of hydrogen-bond acceptors (Lipinski definition) is 5. The van der Waals surface area contributed by atoms with E-state index < -0.39 is 11.6 Å². The molecule has 1 N–H and O–H groups in total. The van der Waals surface area contributed by atoms with Crippen molar-refractivity contribution in [3.63, 3.8) is 0 Å². The zero-order valence-electron chi connectivity index (χ0n) is 6.99. The number of rotatable bonds is 4. The third-order valence-corrected chi connectivity index (χ3v) is 2.01. The minimum absolute atomic E-state index is 0.169. The lowest BCUT2D eigenvalue weighted by Crippen LogP contribution is -1.94. The molecular formula is C7H6F2O4S. The summed E-state index contributed by atoms with van der Waals surface area (Å²) in [6.07, 6.45) is 0. The molecular weight excluding hydrogens is 218 g/mol. The van der Waals surface area contributed by atoms with E-state index in [1.807, 2.05) is 0 Å². The van der Waals surface area contributed by atoms with Gasteiger partial charge >= 0.3 is 0 Å². The van der Waals surface area contributed by atoms with E-state index in [4.69, 9.17) is 5.26 Å². The molecule has 0 atom stereocenters. The number of ether oxygens (including phenoxy) is 1. The van der Waals surface area contributed by atoms with Gasteiger partial charge in [0.15, 0.2) is 11.6 Å². The van der Waals surface area contributed by atoms with E-state index in [1.54, 1.807) is 0 Å². The Morgan fingerprint density at radius 1 is 1.29 bits per heavy atom. The van der Waals surface area contributed by atoms with Crippen molar-refractivity contribution in [1.82, 2.24) is 0 Å². The number of benzene rings is 1. The van der Waals surface area contributed by atoms with Crippen LogP contribution in [-0.2, 0) is 9.37 Å². The van der Waals surface area contributed by atoms with Gasteiger partial charge < -0.3 is 4.74 Å². The predicted molar refractivity (Wildman–Crippen MR) is 43.6 cm³/mol. The molecule has 1 aromatic carbocycles. The molecule has 0 saturated carbocycles. The molecule has 7 heteroatoms. The molecule has 0 fully saturated rings. The third kappa shape index (κ3) is 2.32. The van der Waals surface area contributed by atoms with Gasteiger partial charge in [0.2, 0.25) is 5.82 Å². The summed E-state index contributed by atoms with van der Waals surface area (Å²) in [4.78, 5) is -0.169. The van der Waals surface area contributed by atoms with Gasteiger partial charge in [-0.15, -0.1) is 4.33 Å². The minimum atomic E-state index is -1.13. The molecule has 0 aliphatic carbocycles. The maximum Gasteiger partial charge on any atom is 0.201 e. The summed E-state index contributed by atoms with van der Waals surface area (Å²) in [5, 5.41) is 11.0. The Kier molecular flexibility index (Phi) is 4.08. The van der Waals surface area contributed by atoms with Crippen LogP contribution in [0.25, 0.3) is 0 Å². The molecule has 4 nitrogen and oxygen atoms in total. The topological polar surface area (TPSA) is 47.9 Å². The summed E-state index contributed by atoms with van der Waals surface area (Å²) in [6.45, 7) is 0. The summed E-state index contributed by atoms with van der Waals surface area (Å²) < 4.78 is 34.6. The fourth-order valence-electron chi connectivity index (χ4n) is 0.788. The van der Waals surface area contributed by atoms with E-state index in [0.29, 0.717) is 12.0 Å². The van der Waals surface area contributed by atoms with Gasteiger partial charge in [-0.05, 0) is 12.1 Å². The summed E-state index contributed by atoms with van der Waals surface area (Å²) in [5.41, 5.74) is 0. The second kappa shape index (κ2) is 5.11. The van der Waals surface area contributed by atoms with Crippen LogP contribution in [0.4, 0.5) is 8.78 Å². The van der Waals surface area contributed by atoms with E-state index in [-0.39, 0.29) is 10.6 Å². The van der Waals surface area contributed by atoms with Crippen molar-refractivity contribution in [2.24, 2.45) is 0 Å². The Labute approximate surface area is 82.5 Å². The summed E-state index contributed by atoms with van der Waals surface area (Å²) >= 11 is 0.338. The first-order chi connectivity index (χ1) is 6.70. The monoisotopic (exact) mass is 224 g/mol. The van der Waals surface area contributed by atoms with Crippen LogP contribution in [0.5, 0.6) is 5.75 Å². The van der Waals surface area contributed by atoms with Crippen molar-refractivity contribution in [2.45, 2.75) is 4.90 Å². The Bertz CT molecular complexity index is 321. The lowest BCUT2D eigenvalue weighted by atomic mass is 10.3. The molecule has 1 aromatic rings. The molecule has 0 bridgehead atoms. The molecule has 78 valence electrons. The van der Waals surface area contributed by atoms with E-state index >= 15 is 0 Å². The maximum absolute atomic E-state index is 13.1. The van der Waals surface area contributed by atoms with E-state index in [9.17, 15) is 8.78 Å². The molecule has 0 unspecified atom stereocenters. The zero-order chi connectivity index (χ0) is 10.6. The molecule has 1 rings (SSSR count). The Balaban J connectivity index is 2.92. The lowest BCUT2D eigenvalue weighted by molar-refractivity contribution is -0.432. The van der Waals surface area contributed by atoms with Gasteiger partial charge in [0.25, 0.3) is 0 Å². The van der Waals surface area contributed by atoms with Crippen LogP contribution in [0.1, 0.15) is 0 Å². The molecule has 0 aliphatic rings. The molecule has 0 spiro atoms. The fraction of sp³-hybridized carbons (Fsp3) is 0.143. The van der Waals surface area contributed by atoms with Crippen molar-refractivity contribution in [3.05, 3.63) is 23.8 Å². The summed E-state index contributed by atoms with van der Waals surface area (Å²) in [5.74, 6) is -2.47. The zero-order valence-corrected chi connectivity index (χ0v) is 7.81. The first-order valence-corrected chi connectivity index (χ1v) is 4.11. The summed E-state index contributed by atoms with van der Waals surface area (Å²) in [6, 6.07) is 2.45. The third-order valence-electron chi connectivity index (χ3n) is 1.39. The molecule has 0 aromatic heterocycles. The molecule has 0 amide bonds. The maximum atomic E-state index is 13.1. The number of halogens is 2. The number of hydrogen-bond donors (Lipinski definition) is 1. The second-order valence-electron chi connectivity index (χ2n) is 2.12. The van der Waals surface area contributed by atoms with Crippen LogP contribution in [0, 0.1) is 11.6 Å². The second-order valence-corrected chi connectivity index (χ2v) is 2.86. The summed E-state index contributed by atoms with van der Waals surface area (Å²) in [7, 11) is 1.22. The first kappa shape index (κ1) is 11.2. The highest BCUT2D eigenvalue weighted by Gasteiger charge is 2.14. The average molecular weight is 224 g/mol. The first-order valence-electron chi connectivity index (χ1n) is 3.37. The Hall–Kier alpha value is -0.890. The van der Waals surface area contributed by atoms with Gasteiger partial charge in [0, 0.05) is 0 Å². The van der Waals surface area contributed by atoms with Crippen LogP contribution in [0.15, 0.2) is 17.0 Å². The van der Waals surface area contributed by atoms with Crippen molar-refractivity contribution >= 4 is 12.0 Å². The molecule has 14 heavy (non-hydrogen) atoms. The van der Waals surface area contributed by atoms with Crippen LogP contribution < -0.4 is 4.74 Å². The van der Waals surface area contributed by atoms with Gasteiger partial charge in [0.1, 0.15) is 0 Å². The van der Waals surface area contributed by atoms with Crippen LogP contribution in [0.3, 0.4) is 0 Å². The lowest BCUT2D eigenvalue weighted by Gasteiger charge is -2.04. The Morgan fingerprint density at radius 2 is 2.00 bits per heavy atom. The smallest absolute Gasteiger partial charge is 0.201 e. The SMILES string of the molecule is COc1ccc(SOOO)c(F)c1F. The molecule has 0 heterocycles. The van der Waals surface area contributed by atoms with Gasteiger partial charge in [0.05, 0.1) is 24.0 Å². The molecule has 0 radical (unpaired) electrons. The highest BCUT2D eigenvalue weighted by molar-refractivity contribution is 7.94. The molecule has 0 aliphatic heterocycles. The normalized spacial score (nSPS) is 10.3. The van der Waals surface area contributed by atoms with Gasteiger partial charge in [-0.2, -0.15) is 4.39 Å². The van der Waals surface area contributed by atoms with Crippen LogP contribution >= 0.6 is 12.0 Å². The van der Waals surface area contributed by atoms with Gasteiger partial charge in [-0.1, -0.05) is 5.04 Å². The van der Waals surface area contributed by atoms with Crippen molar-refractivity contribution in [3.8, 4) is 5.75 Å². The largest absolute Gasteiger partial charge is 0.494 e. The van der Waals surface area contributed by atoms with Crippen LogP contribution in [0.2, 0.25) is 0 Å². The number of methoxy groups -OCH3 is 1. The van der Waals surface area contributed by atoms with E-state index in [0.717, 1.165) is 0 Å². The minimum Gasteiger partial charge on any atom is -0.494 e.